The highest BCUT2D eigenvalue weighted by atomic mass is 32.2. The maximum Gasteiger partial charge on any atom is 0.305 e. The van der Waals surface area contributed by atoms with Crippen molar-refractivity contribution in [3.63, 3.8) is 0 Å². The second kappa shape index (κ2) is 10.8. The van der Waals surface area contributed by atoms with Gasteiger partial charge in [0.25, 0.3) is 5.91 Å². The summed E-state index contributed by atoms with van der Waals surface area (Å²) in [7, 11) is -3.89. The highest BCUT2D eigenvalue weighted by molar-refractivity contribution is 7.89. The molecule has 0 saturated heterocycles. The Kier molecular flexibility index (Phi) is 8.02. The summed E-state index contributed by atoms with van der Waals surface area (Å²) < 4.78 is 54.5. The third kappa shape index (κ3) is 6.85. The molecule has 4 N–H and O–H groups in total. The predicted molar refractivity (Wildman–Crippen MR) is 114 cm³/mol. The van der Waals surface area contributed by atoms with Crippen LogP contribution >= 0.6 is 0 Å². The van der Waals surface area contributed by atoms with Crippen LogP contribution in [0.5, 0.6) is 0 Å². The lowest BCUT2D eigenvalue weighted by atomic mass is 10.1. The zero-order valence-electron chi connectivity index (χ0n) is 17.8. The standard InChI is InChI=1S/C21H22F2N4O6S/c22-16-2-1-3-17(23)15(16)10-25-11-19(28)18(7-20(29)30)26-21(31)12-6-14(9-24-8-12)34(32,33)27-13-4-5-13/h1-3,6,8-9,13,18,25,27H,4-5,7,10-11H2,(H,26,31)(H,29,30)/t18-/m0/s1. The molecule has 1 fully saturated rings. The zero-order valence-corrected chi connectivity index (χ0v) is 18.6. The van der Waals surface area contributed by atoms with Gasteiger partial charge in [-0.1, -0.05) is 6.07 Å². The molecule has 1 amide bonds. The average molecular weight is 496 g/mol. The molecule has 13 heteroatoms. The quantitative estimate of drug-likeness (QED) is 0.335. The summed E-state index contributed by atoms with van der Waals surface area (Å²) >= 11 is 0. The van der Waals surface area contributed by atoms with E-state index in [9.17, 15) is 31.6 Å². The Hall–Kier alpha value is -3.29. The van der Waals surface area contributed by atoms with Gasteiger partial charge in [-0.05, 0) is 31.0 Å². The number of hydrogen-bond donors (Lipinski definition) is 4. The molecule has 0 aliphatic heterocycles. The van der Waals surface area contributed by atoms with Gasteiger partial charge in [0.2, 0.25) is 10.0 Å². The van der Waals surface area contributed by atoms with Crippen molar-refractivity contribution in [3.8, 4) is 0 Å². The molecule has 1 aliphatic carbocycles. The Morgan fingerprint density at radius 3 is 2.44 bits per heavy atom. The number of carboxylic acids is 1. The number of carbonyl (C=O) groups is 3. The summed E-state index contributed by atoms with van der Waals surface area (Å²) in [5, 5.41) is 13.9. The van der Waals surface area contributed by atoms with Gasteiger partial charge in [-0.15, -0.1) is 0 Å². The first-order chi connectivity index (χ1) is 16.1. The minimum absolute atomic E-state index is 0.162. The number of nitrogens with zero attached hydrogens (tertiary/aromatic N) is 1. The molecular weight excluding hydrogens is 474 g/mol. The molecule has 1 heterocycles. The van der Waals surface area contributed by atoms with Crippen LogP contribution in [0.4, 0.5) is 8.78 Å². The average Bonchev–Trinajstić information content (AvgIpc) is 3.58. The molecule has 0 bridgehead atoms. The van der Waals surface area contributed by atoms with Gasteiger partial charge in [-0.2, -0.15) is 0 Å². The number of halogens is 2. The number of nitrogens with one attached hydrogen (secondary N) is 3. The Bertz CT molecular complexity index is 1180. The van der Waals surface area contributed by atoms with Gasteiger partial charge in [0.05, 0.1) is 24.6 Å². The maximum atomic E-state index is 13.7. The Morgan fingerprint density at radius 1 is 1.15 bits per heavy atom. The molecule has 1 atom stereocenters. The van der Waals surface area contributed by atoms with Crippen LogP contribution in [-0.4, -0.2) is 54.8 Å². The second-order valence-corrected chi connectivity index (χ2v) is 9.41. The molecule has 1 aliphatic rings. The first-order valence-electron chi connectivity index (χ1n) is 10.2. The first-order valence-corrected chi connectivity index (χ1v) is 11.7. The molecule has 34 heavy (non-hydrogen) atoms. The van der Waals surface area contributed by atoms with Crippen molar-refractivity contribution >= 4 is 27.7 Å². The SMILES string of the molecule is O=C(O)C[C@H](NC(=O)c1cncc(S(=O)(=O)NC2CC2)c1)C(=O)CNCc1c(F)cccc1F. The number of carbonyl (C=O) groups excluding carboxylic acids is 2. The van der Waals surface area contributed by atoms with E-state index in [0.717, 1.165) is 30.6 Å². The van der Waals surface area contributed by atoms with E-state index < -0.39 is 58.3 Å². The summed E-state index contributed by atoms with van der Waals surface area (Å²) in [4.78, 5) is 39.8. The Labute approximate surface area is 193 Å². The van der Waals surface area contributed by atoms with E-state index in [-0.39, 0.29) is 28.6 Å². The zero-order chi connectivity index (χ0) is 24.9. The van der Waals surface area contributed by atoms with Crippen LogP contribution in [0.3, 0.4) is 0 Å². The van der Waals surface area contributed by atoms with Crippen LogP contribution in [0.1, 0.15) is 35.2 Å². The number of hydrogen-bond acceptors (Lipinski definition) is 7. The molecule has 0 spiro atoms. The van der Waals surface area contributed by atoms with Gasteiger partial charge in [0.15, 0.2) is 5.78 Å². The summed E-state index contributed by atoms with van der Waals surface area (Å²) in [6.45, 7) is -0.820. The van der Waals surface area contributed by atoms with E-state index in [1.54, 1.807) is 0 Å². The minimum Gasteiger partial charge on any atom is -0.481 e. The van der Waals surface area contributed by atoms with Gasteiger partial charge < -0.3 is 15.7 Å². The number of rotatable bonds is 12. The van der Waals surface area contributed by atoms with Crippen LogP contribution in [0, 0.1) is 11.6 Å². The summed E-state index contributed by atoms with van der Waals surface area (Å²) in [5.74, 6) is -4.65. The lowest BCUT2D eigenvalue weighted by molar-refractivity contribution is -0.139. The number of aliphatic carboxylic acids is 1. The first kappa shape index (κ1) is 25.3. The van der Waals surface area contributed by atoms with Crippen molar-refractivity contribution in [3.05, 3.63) is 59.4 Å². The fraction of sp³-hybridized carbons (Fsp3) is 0.333. The number of pyridine rings is 1. The van der Waals surface area contributed by atoms with E-state index in [1.807, 2.05) is 0 Å². The number of Topliss-reactive ketones (excluding diaryl/α,β-unsaturated/α-hetero) is 1. The number of carboxylic acid groups (broad SMARTS) is 1. The molecule has 1 aromatic heterocycles. The highest BCUT2D eigenvalue weighted by Gasteiger charge is 2.29. The molecule has 3 rings (SSSR count). The molecular formula is C21H22F2N4O6S. The van der Waals surface area contributed by atoms with E-state index in [2.05, 4.69) is 20.3 Å². The number of ketones is 1. The van der Waals surface area contributed by atoms with Gasteiger partial charge >= 0.3 is 5.97 Å². The third-order valence-corrected chi connectivity index (χ3v) is 6.41. The molecule has 1 saturated carbocycles. The highest BCUT2D eigenvalue weighted by Crippen LogP contribution is 2.22. The lowest BCUT2D eigenvalue weighted by Crippen LogP contribution is -2.45. The van der Waals surface area contributed by atoms with Crippen molar-refractivity contribution in [1.29, 1.82) is 0 Å². The van der Waals surface area contributed by atoms with E-state index in [0.29, 0.717) is 12.8 Å². The molecule has 2 aromatic rings. The van der Waals surface area contributed by atoms with Crippen LogP contribution in [-0.2, 0) is 26.2 Å². The predicted octanol–water partition coefficient (Wildman–Crippen LogP) is 0.733. The fourth-order valence-electron chi connectivity index (χ4n) is 2.98. The van der Waals surface area contributed by atoms with Gasteiger partial charge in [0, 0.05) is 30.5 Å². The molecule has 0 unspecified atom stereocenters. The van der Waals surface area contributed by atoms with Crippen molar-refractivity contribution in [1.82, 2.24) is 20.3 Å². The number of sulfonamides is 1. The summed E-state index contributed by atoms with van der Waals surface area (Å²) in [6, 6.07) is 2.72. The van der Waals surface area contributed by atoms with Gasteiger partial charge in [0.1, 0.15) is 16.5 Å². The van der Waals surface area contributed by atoms with Crippen molar-refractivity contribution in [2.75, 3.05) is 6.54 Å². The maximum absolute atomic E-state index is 13.7. The Morgan fingerprint density at radius 2 is 1.82 bits per heavy atom. The molecule has 1 aromatic carbocycles. The minimum atomic E-state index is -3.89. The van der Waals surface area contributed by atoms with Gasteiger partial charge in [-0.3, -0.25) is 19.4 Å². The van der Waals surface area contributed by atoms with E-state index >= 15 is 0 Å². The van der Waals surface area contributed by atoms with Crippen molar-refractivity contribution in [2.24, 2.45) is 0 Å². The number of benzene rings is 1. The van der Waals surface area contributed by atoms with Crippen molar-refractivity contribution in [2.45, 2.75) is 42.8 Å². The van der Waals surface area contributed by atoms with Crippen LogP contribution in [0.25, 0.3) is 0 Å². The second-order valence-electron chi connectivity index (χ2n) is 7.70. The third-order valence-electron chi connectivity index (χ3n) is 4.92. The van der Waals surface area contributed by atoms with E-state index in [4.69, 9.17) is 5.11 Å². The fourth-order valence-corrected chi connectivity index (χ4v) is 4.27. The molecule has 0 radical (unpaired) electrons. The molecule has 182 valence electrons. The number of amides is 1. The normalized spacial score (nSPS) is 14.4. The van der Waals surface area contributed by atoms with E-state index in [1.165, 1.54) is 6.07 Å². The summed E-state index contributed by atoms with van der Waals surface area (Å²) in [6.07, 6.45) is 2.81. The van der Waals surface area contributed by atoms with Crippen LogP contribution in [0.2, 0.25) is 0 Å². The number of aromatic nitrogens is 1. The van der Waals surface area contributed by atoms with Crippen LogP contribution < -0.4 is 15.4 Å². The summed E-state index contributed by atoms with van der Waals surface area (Å²) in [5.41, 5.74) is -0.485. The van der Waals surface area contributed by atoms with Crippen LogP contribution in [0.15, 0.2) is 41.6 Å². The largest absolute Gasteiger partial charge is 0.481 e. The Balaban J connectivity index is 1.66. The topological polar surface area (TPSA) is 155 Å². The smallest absolute Gasteiger partial charge is 0.305 e. The monoisotopic (exact) mass is 496 g/mol. The lowest BCUT2D eigenvalue weighted by Gasteiger charge is -2.17. The van der Waals surface area contributed by atoms with Gasteiger partial charge in [-0.25, -0.2) is 21.9 Å². The molecule has 10 nitrogen and oxygen atoms in total. The van der Waals surface area contributed by atoms with Crippen molar-refractivity contribution < 1.29 is 36.7 Å².